The molecule has 9 heteroatoms. The number of nitrogens with one attached hydrogen (secondary N) is 1. The summed E-state index contributed by atoms with van der Waals surface area (Å²) in [5, 5.41) is 4.73. The summed E-state index contributed by atoms with van der Waals surface area (Å²) in [6, 6.07) is 12.4. The van der Waals surface area contributed by atoms with Crippen molar-refractivity contribution in [2.24, 2.45) is 5.92 Å². The second-order valence-corrected chi connectivity index (χ2v) is 8.02. The Labute approximate surface area is 183 Å². The molecule has 31 heavy (non-hydrogen) atoms. The van der Waals surface area contributed by atoms with Gasteiger partial charge in [-0.2, -0.15) is 5.06 Å². The minimum atomic E-state index is -0.954. The SMILES string of the molecule is CN1C(=O)C2ON(CC(=O)NCCc3ccc(F)cc3)C(c3ccc(Cl)cc3)C2C1=O. The maximum atomic E-state index is 13.0. The summed E-state index contributed by atoms with van der Waals surface area (Å²) >= 11 is 5.98. The van der Waals surface area contributed by atoms with Crippen LogP contribution in [0.5, 0.6) is 0 Å². The molecule has 2 saturated heterocycles. The molecule has 2 fully saturated rings. The van der Waals surface area contributed by atoms with E-state index in [0.717, 1.165) is 16.0 Å². The summed E-state index contributed by atoms with van der Waals surface area (Å²) in [5.41, 5.74) is 1.62. The predicted octanol–water partition coefficient (Wildman–Crippen LogP) is 2.11. The molecule has 2 aromatic rings. The first-order valence-electron chi connectivity index (χ1n) is 9.86. The lowest BCUT2D eigenvalue weighted by Crippen LogP contribution is -2.40. The highest BCUT2D eigenvalue weighted by Crippen LogP contribution is 2.44. The van der Waals surface area contributed by atoms with Crippen LogP contribution < -0.4 is 5.32 Å². The first kappa shape index (κ1) is 21.4. The summed E-state index contributed by atoms with van der Waals surface area (Å²) in [5.74, 6) is -2.12. The van der Waals surface area contributed by atoms with Crippen LogP contribution in [0.2, 0.25) is 5.02 Å². The molecule has 0 spiro atoms. The van der Waals surface area contributed by atoms with Crippen molar-refractivity contribution >= 4 is 29.3 Å². The number of likely N-dealkylation sites (tertiary alicyclic amines) is 1. The van der Waals surface area contributed by atoms with Crippen molar-refractivity contribution in [2.75, 3.05) is 20.1 Å². The van der Waals surface area contributed by atoms with E-state index in [0.29, 0.717) is 18.0 Å². The van der Waals surface area contributed by atoms with Crippen molar-refractivity contribution in [3.8, 4) is 0 Å². The number of hydrogen-bond donors (Lipinski definition) is 1. The molecule has 2 aliphatic heterocycles. The summed E-state index contributed by atoms with van der Waals surface area (Å²) < 4.78 is 13.0. The lowest BCUT2D eigenvalue weighted by molar-refractivity contribution is -0.181. The fourth-order valence-corrected chi connectivity index (χ4v) is 4.10. The third-order valence-corrected chi connectivity index (χ3v) is 5.83. The predicted molar refractivity (Wildman–Crippen MR) is 110 cm³/mol. The molecule has 4 rings (SSSR count). The van der Waals surface area contributed by atoms with Crippen molar-refractivity contribution in [3.63, 3.8) is 0 Å². The summed E-state index contributed by atoms with van der Waals surface area (Å²) in [4.78, 5) is 44.5. The topological polar surface area (TPSA) is 79.0 Å². The standard InChI is InChI=1S/C22H21ClFN3O4/c1-26-21(29)18-19(14-4-6-15(23)7-5-14)27(31-20(18)22(26)30)12-17(28)25-11-10-13-2-8-16(24)9-3-13/h2-9,18-20H,10-12H2,1H3,(H,25,28). The first-order chi connectivity index (χ1) is 14.8. The van der Waals surface area contributed by atoms with Crippen LogP contribution in [0.15, 0.2) is 48.5 Å². The number of rotatable bonds is 6. The molecule has 2 aliphatic rings. The van der Waals surface area contributed by atoms with Gasteiger partial charge in [0.1, 0.15) is 12.4 Å². The molecule has 7 nitrogen and oxygen atoms in total. The first-order valence-corrected chi connectivity index (χ1v) is 10.2. The van der Waals surface area contributed by atoms with E-state index in [4.69, 9.17) is 16.4 Å². The highest BCUT2D eigenvalue weighted by atomic mass is 35.5. The smallest absolute Gasteiger partial charge is 0.261 e. The van der Waals surface area contributed by atoms with Crippen LogP contribution in [0.1, 0.15) is 17.2 Å². The Bertz CT molecular complexity index is 999. The van der Waals surface area contributed by atoms with Crippen molar-refractivity contribution < 1.29 is 23.6 Å². The monoisotopic (exact) mass is 445 g/mol. The molecule has 0 bridgehead atoms. The van der Waals surface area contributed by atoms with Gasteiger partial charge in [0, 0.05) is 18.6 Å². The Kier molecular flexibility index (Phi) is 6.04. The quantitative estimate of drug-likeness (QED) is 0.689. The van der Waals surface area contributed by atoms with Gasteiger partial charge in [0.2, 0.25) is 11.8 Å². The minimum absolute atomic E-state index is 0.145. The maximum absolute atomic E-state index is 13.0. The fourth-order valence-electron chi connectivity index (χ4n) is 3.97. The van der Waals surface area contributed by atoms with E-state index in [-0.39, 0.29) is 24.2 Å². The molecule has 2 heterocycles. The molecular formula is C22H21ClFN3O4. The molecule has 3 atom stereocenters. The van der Waals surface area contributed by atoms with Crippen molar-refractivity contribution in [2.45, 2.75) is 18.6 Å². The van der Waals surface area contributed by atoms with Crippen LogP contribution >= 0.6 is 11.6 Å². The molecular weight excluding hydrogens is 425 g/mol. The number of hydrogen-bond acceptors (Lipinski definition) is 5. The largest absolute Gasteiger partial charge is 0.355 e. The summed E-state index contributed by atoms with van der Waals surface area (Å²) in [6.45, 7) is 0.214. The van der Waals surface area contributed by atoms with E-state index < -0.39 is 24.0 Å². The molecule has 3 unspecified atom stereocenters. The van der Waals surface area contributed by atoms with Gasteiger partial charge in [-0.15, -0.1) is 0 Å². The van der Waals surface area contributed by atoms with Crippen molar-refractivity contribution in [3.05, 3.63) is 70.5 Å². The number of fused-ring (bicyclic) bond motifs is 1. The van der Waals surface area contributed by atoms with Gasteiger partial charge in [-0.25, -0.2) is 4.39 Å². The van der Waals surface area contributed by atoms with Crippen LogP contribution in [-0.2, 0) is 25.6 Å². The molecule has 2 aromatic carbocycles. The number of benzene rings is 2. The second-order valence-electron chi connectivity index (χ2n) is 7.59. The Morgan fingerprint density at radius 1 is 1.10 bits per heavy atom. The lowest BCUT2D eigenvalue weighted by atomic mass is 9.91. The average Bonchev–Trinajstić information content (AvgIpc) is 3.21. The van der Waals surface area contributed by atoms with Crippen molar-refractivity contribution in [1.29, 1.82) is 0 Å². The third kappa shape index (κ3) is 4.32. The van der Waals surface area contributed by atoms with Gasteiger partial charge in [0.25, 0.3) is 5.91 Å². The van der Waals surface area contributed by atoms with Gasteiger partial charge in [-0.1, -0.05) is 35.9 Å². The molecule has 0 aromatic heterocycles. The number of nitrogens with zero attached hydrogens (tertiary/aromatic N) is 2. The summed E-state index contributed by atoms with van der Waals surface area (Å²) in [6.07, 6.45) is -0.411. The van der Waals surface area contributed by atoms with Gasteiger partial charge in [-0.3, -0.25) is 24.1 Å². The number of amides is 3. The lowest BCUT2D eigenvalue weighted by Gasteiger charge is -2.26. The minimum Gasteiger partial charge on any atom is -0.355 e. The van der Waals surface area contributed by atoms with E-state index in [1.165, 1.54) is 24.2 Å². The molecule has 1 N–H and O–H groups in total. The molecule has 0 saturated carbocycles. The number of imide groups is 1. The Morgan fingerprint density at radius 3 is 2.45 bits per heavy atom. The van der Waals surface area contributed by atoms with E-state index in [2.05, 4.69) is 5.32 Å². The Morgan fingerprint density at radius 2 is 1.77 bits per heavy atom. The number of likely N-dealkylation sites (N-methyl/N-ethyl adjacent to an activating group) is 1. The molecule has 0 aliphatic carbocycles. The van der Waals surface area contributed by atoms with Gasteiger partial charge in [0.05, 0.1) is 12.0 Å². The number of halogens is 2. The molecule has 3 amide bonds. The average molecular weight is 446 g/mol. The van der Waals surface area contributed by atoms with Crippen molar-refractivity contribution in [1.82, 2.24) is 15.3 Å². The number of carbonyl (C=O) groups excluding carboxylic acids is 3. The van der Waals surface area contributed by atoms with Crippen LogP contribution in [0.4, 0.5) is 4.39 Å². The summed E-state index contributed by atoms with van der Waals surface area (Å²) in [7, 11) is 1.43. The van der Waals surface area contributed by atoms with Gasteiger partial charge in [0.15, 0.2) is 6.10 Å². The Hall–Kier alpha value is -2.81. The molecule has 0 radical (unpaired) electrons. The number of carbonyl (C=O) groups is 3. The van der Waals surface area contributed by atoms with E-state index in [1.54, 1.807) is 36.4 Å². The second kappa shape index (κ2) is 8.74. The fraction of sp³-hybridized carbons (Fsp3) is 0.318. The van der Waals surface area contributed by atoms with Crippen LogP contribution in [0.3, 0.4) is 0 Å². The van der Waals surface area contributed by atoms with Gasteiger partial charge in [-0.05, 0) is 41.8 Å². The van der Waals surface area contributed by atoms with Crippen LogP contribution in [0.25, 0.3) is 0 Å². The van der Waals surface area contributed by atoms with E-state index >= 15 is 0 Å². The van der Waals surface area contributed by atoms with Crippen LogP contribution in [0, 0.1) is 11.7 Å². The zero-order valence-corrected chi connectivity index (χ0v) is 17.5. The normalized spacial score (nSPS) is 23.3. The van der Waals surface area contributed by atoms with E-state index in [1.807, 2.05) is 0 Å². The zero-order chi connectivity index (χ0) is 22.1. The van der Waals surface area contributed by atoms with Gasteiger partial charge < -0.3 is 5.32 Å². The molecule has 162 valence electrons. The van der Waals surface area contributed by atoms with E-state index in [9.17, 15) is 18.8 Å². The highest BCUT2D eigenvalue weighted by Gasteiger charge is 2.58. The maximum Gasteiger partial charge on any atom is 0.261 e. The third-order valence-electron chi connectivity index (χ3n) is 5.58. The zero-order valence-electron chi connectivity index (χ0n) is 16.8. The Balaban J connectivity index is 1.45. The van der Waals surface area contributed by atoms with Gasteiger partial charge >= 0.3 is 0 Å². The number of hydroxylamine groups is 2. The highest BCUT2D eigenvalue weighted by molar-refractivity contribution is 6.30. The van der Waals surface area contributed by atoms with Crippen LogP contribution in [-0.4, -0.2) is 53.9 Å².